The number of methoxy groups -OCH3 is 1. The first-order valence-electron chi connectivity index (χ1n) is 13.0. The highest BCUT2D eigenvalue weighted by Crippen LogP contribution is 2.32. The third-order valence-corrected chi connectivity index (χ3v) is 6.47. The average molecular weight is 564 g/mol. The third-order valence-electron chi connectivity index (χ3n) is 6.47. The van der Waals surface area contributed by atoms with Crippen molar-refractivity contribution in [3.8, 4) is 23.3 Å². The lowest BCUT2D eigenvalue weighted by atomic mass is 10.1. The summed E-state index contributed by atoms with van der Waals surface area (Å²) in [5, 5.41) is 20.8. The predicted octanol–water partition coefficient (Wildman–Crippen LogP) is 7.13. The molecule has 0 bridgehead atoms. The van der Waals surface area contributed by atoms with Gasteiger partial charge in [0, 0.05) is 30.9 Å². The van der Waals surface area contributed by atoms with E-state index in [0.717, 1.165) is 16.8 Å². The van der Waals surface area contributed by atoms with Crippen LogP contribution >= 0.6 is 0 Å². The van der Waals surface area contributed by atoms with Gasteiger partial charge in [0.2, 0.25) is 0 Å². The number of hydrogen-bond donors (Lipinski definition) is 0. The molecule has 0 amide bonds. The SMILES string of the molecule is C=CCOc1cc(Oc2ccc(CN(Cc3ccc(C#N)cc3)c3cccc([N+](=O)[O-])c3C)cc2)cc(C(=O)OC)c1. The van der Waals surface area contributed by atoms with Gasteiger partial charge in [-0.15, -0.1) is 0 Å². The molecule has 0 saturated heterocycles. The van der Waals surface area contributed by atoms with Crippen LogP contribution in [0.2, 0.25) is 0 Å². The highest BCUT2D eigenvalue weighted by Gasteiger charge is 2.19. The van der Waals surface area contributed by atoms with Gasteiger partial charge < -0.3 is 19.1 Å². The maximum atomic E-state index is 12.1. The summed E-state index contributed by atoms with van der Waals surface area (Å²) in [5.41, 5.74) is 4.10. The van der Waals surface area contributed by atoms with Gasteiger partial charge in [-0.1, -0.05) is 43.0 Å². The smallest absolute Gasteiger partial charge is 0.338 e. The molecule has 42 heavy (non-hydrogen) atoms. The second kappa shape index (κ2) is 13.6. The number of ether oxygens (including phenoxy) is 3. The van der Waals surface area contributed by atoms with Crippen LogP contribution in [0.1, 0.15) is 32.6 Å². The van der Waals surface area contributed by atoms with Gasteiger partial charge in [-0.05, 0) is 60.5 Å². The first kappa shape index (κ1) is 29.4. The second-order valence-corrected chi connectivity index (χ2v) is 9.37. The lowest BCUT2D eigenvalue weighted by molar-refractivity contribution is -0.385. The minimum Gasteiger partial charge on any atom is -0.489 e. The molecule has 0 radical (unpaired) electrons. The number of nitriles is 1. The molecule has 0 fully saturated rings. The zero-order valence-corrected chi connectivity index (χ0v) is 23.3. The summed E-state index contributed by atoms with van der Waals surface area (Å²) in [6.07, 6.45) is 1.60. The van der Waals surface area contributed by atoms with Crippen LogP contribution in [-0.2, 0) is 17.8 Å². The molecule has 4 rings (SSSR count). The molecular formula is C33H29N3O6. The molecule has 0 saturated carbocycles. The van der Waals surface area contributed by atoms with E-state index < -0.39 is 5.97 Å². The fraction of sp³-hybridized carbons (Fsp3) is 0.152. The summed E-state index contributed by atoms with van der Waals surface area (Å²) in [5.74, 6) is 0.869. The van der Waals surface area contributed by atoms with Crippen molar-refractivity contribution < 1.29 is 23.9 Å². The Morgan fingerprint density at radius 2 is 1.62 bits per heavy atom. The number of carbonyl (C=O) groups excluding carboxylic acids is 1. The predicted molar refractivity (Wildman–Crippen MR) is 159 cm³/mol. The summed E-state index contributed by atoms with van der Waals surface area (Å²) in [6, 6.07) is 26.7. The van der Waals surface area contributed by atoms with E-state index in [0.29, 0.717) is 41.5 Å². The Bertz CT molecular complexity index is 1630. The molecular weight excluding hydrogens is 534 g/mol. The number of carbonyl (C=O) groups is 1. The normalized spacial score (nSPS) is 10.3. The molecule has 0 heterocycles. The number of benzene rings is 4. The molecule has 0 aromatic heterocycles. The molecule has 0 aliphatic carbocycles. The van der Waals surface area contributed by atoms with Crippen LogP contribution in [0.15, 0.2) is 97.6 Å². The van der Waals surface area contributed by atoms with Gasteiger partial charge in [0.15, 0.2) is 0 Å². The van der Waals surface area contributed by atoms with Gasteiger partial charge in [-0.25, -0.2) is 4.79 Å². The average Bonchev–Trinajstić information content (AvgIpc) is 3.00. The first-order valence-corrected chi connectivity index (χ1v) is 13.0. The number of anilines is 1. The molecule has 0 aliphatic heterocycles. The van der Waals surface area contributed by atoms with E-state index in [4.69, 9.17) is 19.5 Å². The monoisotopic (exact) mass is 563 g/mol. The molecule has 9 nitrogen and oxygen atoms in total. The molecule has 0 spiro atoms. The van der Waals surface area contributed by atoms with Crippen LogP contribution in [0.5, 0.6) is 17.2 Å². The van der Waals surface area contributed by atoms with Crippen molar-refractivity contribution >= 4 is 17.3 Å². The van der Waals surface area contributed by atoms with Crippen molar-refractivity contribution in [1.29, 1.82) is 5.26 Å². The zero-order valence-electron chi connectivity index (χ0n) is 23.3. The lowest BCUT2D eigenvalue weighted by Gasteiger charge is -2.27. The molecule has 9 heteroatoms. The van der Waals surface area contributed by atoms with Crippen LogP contribution in [-0.4, -0.2) is 24.6 Å². The Morgan fingerprint density at radius 3 is 2.21 bits per heavy atom. The highest BCUT2D eigenvalue weighted by molar-refractivity contribution is 5.90. The summed E-state index contributed by atoms with van der Waals surface area (Å²) in [7, 11) is 1.30. The van der Waals surface area contributed by atoms with Gasteiger partial charge in [0.25, 0.3) is 5.69 Å². The number of hydrogen-bond acceptors (Lipinski definition) is 8. The molecule has 0 aliphatic rings. The maximum Gasteiger partial charge on any atom is 0.338 e. The molecule has 0 atom stereocenters. The van der Waals surface area contributed by atoms with Crippen molar-refractivity contribution in [1.82, 2.24) is 0 Å². The number of rotatable bonds is 12. The van der Waals surface area contributed by atoms with E-state index in [9.17, 15) is 14.9 Å². The number of nitrogens with zero attached hydrogens (tertiary/aromatic N) is 3. The van der Waals surface area contributed by atoms with Crippen LogP contribution in [0.3, 0.4) is 0 Å². The fourth-order valence-electron chi connectivity index (χ4n) is 4.41. The van der Waals surface area contributed by atoms with Crippen LogP contribution < -0.4 is 14.4 Å². The fourth-order valence-corrected chi connectivity index (χ4v) is 4.41. The van der Waals surface area contributed by atoms with Gasteiger partial charge in [-0.2, -0.15) is 5.26 Å². The largest absolute Gasteiger partial charge is 0.489 e. The number of nitro groups is 1. The number of esters is 1. The van der Waals surface area contributed by atoms with E-state index in [1.165, 1.54) is 13.2 Å². The molecule has 4 aromatic rings. The minimum atomic E-state index is -0.516. The Hall–Kier alpha value is -5.62. The Labute approximate surface area is 244 Å². The van der Waals surface area contributed by atoms with Crippen molar-refractivity contribution in [2.45, 2.75) is 20.0 Å². The Morgan fingerprint density at radius 1 is 0.976 bits per heavy atom. The van der Waals surface area contributed by atoms with Gasteiger partial charge >= 0.3 is 5.97 Å². The summed E-state index contributed by atoms with van der Waals surface area (Å²) >= 11 is 0. The van der Waals surface area contributed by atoms with E-state index in [-0.39, 0.29) is 22.8 Å². The van der Waals surface area contributed by atoms with Crippen molar-refractivity contribution in [2.24, 2.45) is 0 Å². The lowest BCUT2D eigenvalue weighted by Crippen LogP contribution is -2.23. The minimum absolute atomic E-state index is 0.0479. The Kier molecular flexibility index (Phi) is 9.53. The van der Waals surface area contributed by atoms with E-state index in [1.54, 1.807) is 49.4 Å². The topological polar surface area (TPSA) is 115 Å². The number of nitro benzene ring substituents is 1. The summed E-state index contributed by atoms with van der Waals surface area (Å²) < 4.78 is 16.5. The third kappa shape index (κ3) is 7.31. The summed E-state index contributed by atoms with van der Waals surface area (Å²) in [4.78, 5) is 25.4. The van der Waals surface area contributed by atoms with E-state index in [2.05, 4.69) is 17.5 Å². The Balaban J connectivity index is 1.59. The molecule has 4 aromatic carbocycles. The van der Waals surface area contributed by atoms with Crippen LogP contribution in [0.4, 0.5) is 11.4 Å². The van der Waals surface area contributed by atoms with Gasteiger partial charge in [0.1, 0.15) is 23.9 Å². The van der Waals surface area contributed by atoms with Gasteiger partial charge in [0.05, 0.1) is 34.8 Å². The molecule has 0 unspecified atom stereocenters. The maximum absolute atomic E-state index is 12.1. The van der Waals surface area contributed by atoms with Crippen LogP contribution in [0, 0.1) is 28.4 Å². The highest BCUT2D eigenvalue weighted by atomic mass is 16.6. The van der Waals surface area contributed by atoms with Crippen LogP contribution in [0.25, 0.3) is 0 Å². The van der Waals surface area contributed by atoms with Crippen molar-refractivity contribution in [2.75, 3.05) is 18.6 Å². The first-order chi connectivity index (χ1) is 20.3. The second-order valence-electron chi connectivity index (χ2n) is 9.37. The van der Waals surface area contributed by atoms with Crippen molar-refractivity contribution in [3.63, 3.8) is 0 Å². The standard InChI is InChI=1S/C33H29N3O6/c1-4-16-41-29-17-27(33(37)40-3)18-30(19-29)42-28-14-12-26(13-15-28)22-35(21-25-10-8-24(20-34)9-11-25)31-6-5-7-32(23(31)2)36(38)39/h4-15,17-19H,1,16,21-22H2,2-3H3. The van der Waals surface area contributed by atoms with Crippen molar-refractivity contribution in [3.05, 3.63) is 136 Å². The summed E-state index contributed by atoms with van der Waals surface area (Å²) in [6.45, 7) is 6.58. The molecule has 212 valence electrons. The van der Waals surface area contributed by atoms with Gasteiger partial charge in [-0.3, -0.25) is 10.1 Å². The zero-order chi connectivity index (χ0) is 30.1. The van der Waals surface area contributed by atoms with E-state index >= 15 is 0 Å². The van der Waals surface area contributed by atoms with E-state index in [1.807, 2.05) is 42.5 Å². The molecule has 0 N–H and O–H groups in total. The quantitative estimate of drug-likeness (QED) is 0.0774.